The number of aryl methyl sites for hydroxylation is 1. The first kappa shape index (κ1) is 25.9. The van der Waals surface area contributed by atoms with Gasteiger partial charge in [-0.1, -0.05) is 37.3 Å². The van der Waals surface area contributed by atoms with Crippen molar-refractivity contribution in [1.82, 2.24) is 15.6 Å². The van der Waals surface area contributed by atoms with Crippen molar-refractivity contribution in [2.45, 2.75) is 25.8 Å². The molecule has 3 rings (SSSR count). The molecule has 36 heavy (non-hydrogen) atoms. The van der Waals surface area contributed by atoms with Crippen molar-refractivity contribution >= 4 is 35.2 Å². The van der Waals surface area contributed by atoms with Gasteiger partial charge in [-0.15, -0.1) is 0 Å². The zero-order chi connectivity index (χ0) is 25.9. The molecule has 0 saturated carbocycles. The lowest BCUT2D eigenvalue weighted by molar-refractivity contribution is -0.137. The summed E-state index contributed by atoms with van der Waals surface area (Å²) < 4.78 is 0. The lowest BCUT2D eigenvalue weighted by atomic mass is 10.0. The molecule has 1 unspecified atom stereocenters. The number of carboxylic acid groups (broad SMARTS) is 1. The third-order valence-electron chi connectivity index (χ3n) is 5.17. The van der Waals surface area contributed by atoms with Crippen LogP contribution in [0.4, 0.5) is 16.2 Å². The molecular formula is C26H27N5O5. The number of benzene rings is 2. The van der Waals surface area contributed by atoms with Crippen LogP contribution in [-0.2, 0) is 16.0 Å². The molecule has 3 aromatic rings. The van der Waals surface area contributed by atoms with Crippen molar-refractivity contribution in [3.63, 3.8) is 0 Å². The predicted octanol–water partition coefficient (Wildman–Crippen LogP) is 3.35. The van der Waals surface area contributed by atoms with Gasteiger partial charge < -0.3 is 26.4 Å². The summed E-state index contributed by atoms with van der Waals surface area (Å²) in [6.45, 7) is 1.53. The fraction of sp³-hybridized carbons (Fsp3) is 0.192. The molecule has 0 aliphatic heterocycles. The Balaban J connectivity index is 1.58. The SMILES string of the molecule is CCc1ncccc1C(CC(=O)O)NC(=O)CNC(=O)c1cccc(NC(=O)Nc2ccccc2)c1. The molecule has 0 fully saturated rings. The van der Waals surface area contributed by atoms with Crippen molar-refractivity contribution < 1.29 is 24.3 Å². The fourth-order valence-corrected chi connectivity index (χ4v) is 3.54. The minimum atomic E-state index is -1.07. The minimum Gasteiger partial charge on any atom is -0.481 e. The molecule has 0 aliphatic carbocycles. The zero-order valence-corrected chi connectivity index (χ0v) is 19.7. The maximum Gasteiger partial charge on any atom is 0.323 e. The molecule has 0 radical (unpaired) electrons. The highest BCUT2D eigenvalue weighted by Crippen LogP contribution is 2.20. The second kappa shape index (κ2) is 12.7. The van der Waals surface area contributed by atoms with Gasteiger partial charge in [-0.2, -0.15) is 0 Å². The van der Waals surface area contributed by atoms with Crippen LogP contribution in [0, 0.1) is 0 Å². The van der Waals surface area contributed by atoms with Gasteiger partial charge in [0.15, 0.2) is 0 Å². The van der Waals surface area contributed by atoms with Crippen LogP contribution in [0.1, 0.15) is 41.0 Å². The van der Waals surface area contributed by atoms with Crippen molar-refractivity contribution in [1.29, 1.82) is 0 Å². The second-order valence-corrected chi connectivity index (χ2v) is 7.82. The molecule has 0 saturated heterocycles. The summed E-state index contributed by atoms with van der Waals surface area (Å²) >= 11 is 0. The van der Waals surface area contributed by atoms with Crippen LogP contribution in [-0.4, -0.2) is 40.5 Å². The third kappa shape index (κ3) is 7.66. The van der Waals surface area contributed by atoms with Crippen LogP contribution in [0.3, 0.4) is 0 Å². The Labute approximate surface area is 208 Å². The van der Waals surface area contributed by atoms with Crippen LogP contribution in [0.25, 0.3) is 0 Å². The highest BCUT2D eigenvalue weighted by atomic mass is 16.4. The smallest absolute Gasteiger partial charge is 0.323 e. The summed E-state index contributed by atoms with van der Waals surface area (Å²) in [5.41, 5.74) is 2.56. The van der Waals surface area contributed by atoms with Crippen LogP contribution >= 0.6 is 0 Å². The van der Waals surface area contributed by atoms with Crippen LogP contribution < -0.4 is 21.3 Å². The largest absolute Gasteiger partial charge is 0.481 e. The summed E-state index contributed by atoms with van der Waals surface area (Å²) in [7, 11) is 0. The molecule has 10 nitrogen and oxygen atoms in total. The molecule has 186 valence electrons. The van der Waals surface area contributed by atoms with Gasteiger partial charge in [0, 0.05) is 28.8 Å². The van der Waals surface area contributed by atoms with Gasteiger partial charge in [0.25, 0.3) is 5.91 Å². The van der Waals surface area contributed by atoms with E-state index in [-0.39, 0.29) is 18.5 Å². The standard InChI is InChI=1S/C26H27N5O5/c1-2-21-20(12-7-13-27-21)22(15-24(33)34)31-23(32)16-28-25(35)17-8-6-11-19(14-17)30-26(36)29-18-9-4-3-5-10-18/h3-14,22H,2,15-16H2,1H3,(H,28,35)(H,31,32)(H,33,34)(H2,29,30,36). The lowest BCUT2D eigenvalue weighted by Gasteiger charge is -2.19. The highest BCUT2D eigenvalue weighted by molar-refractivity contribution is 6.01. The number of hydrogen-bond donors (Lipinski definition) is 5. The Morgan fingerprint density at radius 3 is 2.36 bits per heavy atom. The van der Waals surface area contributed by atoms with Gasteiger partial charge in [0.2, 0.25) is 5.91 Å². The van der Waals surface area contributed by atoms with E-state index < -0.39 is 29.9 Å². The number of nitrogens with zero attached hydrogens (tertiary/aromatic N) is 1. The molecule has 1 heterocycles. The maximum absolute atomic E-state index is 12.6. The summed E-state index contributed by atoms with van der Waals surface area (Å²) in [5, 5.41) is 19.8. The summed E-state index contributed by atoms with van der Waals surface area (Å²) in [6.07, 6.45) is 1.86. The lowest BCUT2D eigenvalue weighted by Crippen LogP contribution is -2.39. The van der Waals surface area contributed by atoms with Gasteiger partial charge in [0.1, 0.15) is 0 Å². The molecule has 0 spiro atoms. The monoisotopic (exact) mass is 489 g/mol. The van der Waals surface area contributed by atoms with Gasteiger partial charge in [0.05, 0.1) is 19.0 Å². The number of rotatable bonds is 10. The van der Waals surface area contributed by atoms with Gasteiger partial charge in [-0.3, -0.25) is 19.4 Å². The first-order valence-electron chi connectivity index (χ1n) is 11.3. The quantitative estimate of drug-likeness (QED) is 0.295. The van der Waals surface area contributed by atoms with Crippen LogP contribution in [0.5, 0.6) is 0 Å². The number of aromatic nitrogens is 1. The Kier molecular flexibility index (Phi) is 9.10. The van der Waals surface area contributed by atoms with E-state index in [0.29, 0.717) is 29.1 Å². The van der Waals surface area contributed by atoms with E-state index >= 15 is 0 Å². The first-order chi connectivity index (χ1) is 17.4. The number of hydrogen-bond acceptors (Lipinski definition) is 5. The second-order valence-electron chi connectivity index (χ2n) is 7.82. The van der Waals surface area contributed by atoms with E-state index in [2.05, 4.69) is 26.3 Å². The summed E-state index contributed by atoms with van der Waals surface area (Å²) in [6, 6.07) is 17.3. The average Bonchev–Trinajstić information content (AvgIpc) is 2.87. The number of pyridine rings is 1. The van der Waals surface area contributed by atoms with E-state index in [0.717, 1.165) is 0 Å². The summed E-state index contributed by atoms with van der Waals surface area (Å²) in [5.74, 6) is -2.14. The molecule has 4 amide bonds. The van der Waals surface area contributed by atoms with E-state index in [9.17, 15) is 24.3 Å². The minimum absolute atomic E-state index is 0.239. The Hall–Kier alpha value is -4.73. The number of para-hydroxylation sites is 1. The summed E-state index contributed by atoms with van der Waals surface area (Å²) in [4.78, 5) is 52.9. The van der Waals surface area contributed by atoms with Crippen LogP contribution in [0.15, 0.2) is 72.9 Å². The number of anilines is 2. The normalized spacial score (nSPS) is 11.1. The number of amides is 4. The fourth-order valence-electron chi connectivity index (χ4n) is 3.54. The predicted molar refractivity (Wildman–Crippen MR) is 135 cm³/mol. The molecule has 0 bridgehead atoms. The average molecular weight is 490 g/mol. The van der Waals surface area contributed by atoms with Gasteiger partial charge in [-0.05, 0) is 48.4 Å². The van der Waals surface area contributed by atoms with Crippen molar-refractivity contribution in [3.05, 3.63) is 89.7 Å². The van der Waals surface area contributed by atoms with Gasteiger partial charge in [-0.25, -0.2) is 4.79 Å². The molecule has 0 aliphatic rings. The van der Waals surface area contributed by atoms with E-state index in [4.69, 9.17) is 0 Å². The van der Waals surface area contributed by atoms with Crippen LogP contribution in [0.2, 0.25) is 0 Å². The molecule has 1 aromatic heterocycles. The molecule has 10 heteroatoms. The van der Waals surface area contributed by atoms with Crippen molar-refractivity contribution in [3.8, 4) is 0 Å². The number of carboxylic acids is 1. The van der Waals surface area contributed by atoms with Gasteiger partial charge >= 0.3 is 12.0 Å². The third-order valence-corrected chi connectivity index (χ3v) is 5.17. The molecule has 5 N–H and O–H groups in total. The first-order valence-corrected chi connectivity index (χ1v) is 11.3. The number of aliphatic carboxylic acids is 1. The van der Waals surface area contributed by atoms with E-state index in [1.165, 1.54) is 6.07 Å². The van der Waals surface area contributed by atoms with Crippen molar-refractivity contribution in [2.75, 3.05) is 17.2 Å². The number of nitrogens with one attached hydrogen (secondary N) is 4. The zero-order valence-electron chi connectivity index (χ0n) is 19.7. The maximum atomic E-state index is 12.6. The highest BCUT2D eigenvalue weighted by Gasteiger charge is 2.21. The Morgan fingerprint density at radius 1 is 0.917 bits per heavy atom. The molecule has 1 atom stereocenters. The van der Waals surface area contributed by atoms with E-state index in [1.807, 2.05) is 13.0 Å². The number of carbonyl (C=O) groups is 4. The Bertz CT molecular complexity index is 1230. The van der Waals surface area contributed by atoms with E-state index in [1.54, 1.807) is 60.8 Å². The topological polar surface area (TPSA) is 150 Å². The Morgan fingerprint density at radius 2 is 1.64 bits per heavy atom. The number of urea groups is 1. The molecular weight excluding hydrogens is 462 g/mol. The number of carbonyl (C=O) groups excluding carboxylic acids is 3. The molecule has 2 aromatic carbocycles. The van der Waals surface area contributed by atoms with Crippen molar-refractivity contribution in [2.24, 2.45) is 0 Å².